The van der Waals surface area contributed by atoms with Crippen LogP contribution in [0.1, 0.15) is 39.7 Å². The smallest absolute Gasteiger partial charge is 0.415 e. The molecule has 0 bridgehead atoms. The minimum absolute atomic E-state index is 0.104. The maximum Gasteiger partial charge on any atom is 0.415 e. The van der Waals surface area contributed by atoms with Crippen LogP contribution in [0.4, 0.5) is 10.5 Å². The molecule has 0 aromatic heterocycles. The van der Waals surface area contributed by atoms with Crippen molar-refractivity contribution in [1.29, 1.82) is 0 Å². The van der Waals surface area contributed by atoms with Crippen LogP contribution in [0, 0.1) is 0 Å². The van der Waals surface area contributed by atoms with Gasteiger partial charge in [0.1, 0.15) is 11.4 Å². The summed E-state index contributed by atoms with van der Waals surface area (Å²) in [6.45, 7) is 7.59. The van der Waals surface area contributed by atoms with Crippen LogP contribution < -0.4 is 4.90 Å². The number of hydrogen-bond donors (Lipinski definition) is 1. The Labute approximate surface area is 114 Å². The number of anilines is 1. The van der Waals surface area contributed by atoms with E-state index in [0.717, 1.165) is 24.1 Å². The minimum atomic E-state index is -0.509. The molecule has 104 valence electrons. The zero-order valence-corrected chi connectivity index (χ0v) is 11.9. The summed E-state index contributed by atoms with van der Waals surface area (Å²) in [5.41, 5.74) is 1.32. The molecule has 19 heavy (non-hydrogen) atoms. The molecule has 0 saturated carbocycles. The molecule has 1 amide bonds. The number of aryl methyl sites for hydroxylation is 1. The van der Waals surface area contributed by atoms with E-state index >= 15 is 0 Å². The Bertz CT molecular complexity index is 491. The number of phenols is 1. The zero-order chi connectivity index (χ0) is 14.2. The summed E-state index contributed by atoms with van der Waals surface area (Å²) in [5, 5.41) is 9.53. The van der Waals surface area contributed by atoms with Crippen molar-refractivity contribution in [3.63, 3.8) is 0 Å². The van der Waals surface area contributed by atoms with Gasteiger partial charge in [-0.05, 0) is 64.3 Å². The first-order valence-corrected chi connectivity index (χ1v) is 6.62. The van der Waals surface area contributed by atoms with Crippen LogP contribution in [0.25, 0.3) is 0 Å². The Kier molecular flexibility index (Phi) is 3.43. The van der Waals surface area contributed by atoms with Gasteiger partial charge in [-0.15, -0.1) is 0 Å². The Morgan fingerprint density at radius 2 is 2.11 bits per heavy atom. The van der Waals surface area contributed by atoms with Gasteiger partial charge in [0.2, 0.25) is 0 Å². The van der Waals surface area contributed by atoms with Crippen molar-refractivity contribution in [1.82, 2.24) is 0 Å². The van der Waals surface area contributed by atoms with Crippen molar-refractivity contribution in [3.05, 3.63) is 23.8 Å². The molecule has 1 aliphatic rings. The quantitative estimate of drug-likeness (QED) is 0.779. The average molecular weight is 263 g/mol. The maximum atomic E-state index is 12.3. The summed E-state index contributed by atoms with van der Waals surface area (Å²) >= 11 is 0. The van der Waals surface area contributed by atoms with Crippen molar-refractivity contribution in [2.75, 3.05) is 4.90 Å². The predicted molar refractivity (Wildman–Crippen MR) is 74.6 cm³/mol. The van der Waals surface area contributed by atoms with Gasteiger partial charge < -0.3 is 9.84 Å². The molecule has 1 aromatic carbocycles. The molecule has 1 N–H and O–H groups in total. The van der Waals surface area contributed by atoms with Crippen LogP contribution in [-0.2, 0) is 11.2 Å². The van der Waals surface area contributed by atoms with Gasteiger partial charge in [0.15, 0.2) is 0 Å². The third kappa shape index (κ3) is 3.00. The Hall–Kier alpha value is -1.71. The summed E-state index contributed by atoms with van der Waals surface area (Å²) in [7, 11) is 0. The molecule has 0 radical (unpaired) electrons. The number of aromatic hydroxyl groups is 1. The molecule has 0 fully saturated rings. The minimum Gasteiger partial charge on any atom is -0.508 e. The van der Waals surface area contributed by atoms with E-state index in [9.17, 15) is 9.90 Å². The molecule has 1 aliphatic heterocycles. The summed E-state index contributed by atoms with van der Waals surface area (Å²) < 4.78 is 5.46. The number of carbonyl (C=O) groups excluding carboxylic acids is 1. The maximum absolute atomic E-state index is 12.3. The highest BCUT2D eigenvalue weighted by molar-refractivity contribution is 5.90. The van der Waals surface area contributed by atoms with Gasteiger partial charge in [-0.25, -0.2) is 4.79 Å². The molecule has 4 heteroatoms. The molecule has 0 aliphatic carbocycles. The second-order valence-corrected chi connectivity index (χ2v) is 6.05. The number of carbonyl (C=O) groups is 1. The Morgan fingerprint density at radius 3 is 2.74 bits per heavy atom. The van der Waals surface area contributed by atoms with Gasteiger partial charge >= 0.3 is 6.09 Å². The highest BCUT2D eigenvalue weighted by Gasteiger charge is 2.31. The molecule has 1 heterocycles. The van der Waals surface area contributed by atoms with Gasteiger partial charge in [0.05, 0.1) is 5.69 Å². The SMILES string of the molecule is CC1CCc2cc(O)ccc2N1C(=O)OC(C)(C)C. The second kappa shape index (κ2) is 4.76. The first-order valence-electron chi connectivity index (χ1n) is 6.62. The number of amides is 1. The highest BCUT2D eigenvalue weighted by Crippen LogP contribution is 2.34. The first-order chi connectivity index (χ1) is 8.78. The third-order valence-electron chi connectivity index (χ3n) is 3.19. The third-order valence-corrected chi connectivity index (χ3v) is 3.19. The number of phenolic OH excluding ortho intramolecular Hbond substituents is 1. The lowest BCUT2D eigenvalue weighted by atomic mass is 9.97. The van der Waals surface area contributed by atoms with Gasteiger partial charge in [0.25, 0.3) is 0 Å². The van der Waals surface area contributed by atoms with Gasteiger partial charge in [-0.3, -0.25) is 4.90 Å². The molecule has 4 nitrogen and oxygen atoms in total. The monoisotopic (exact) mass is 263 g/mol. The lowest BCUT2D eigenvalue weighted by Crippen LogP contribution is -2.44. The van der Waals surface area contributed by atoms with E-state index in [1.54, 1.807) is 23.1 Å². The van der Waals surface area contributed by atoms with Crippen molar-refractivity contribution in [2.24, 2.45) is 0 Å². The van der Waals surface area contributed by atoms with E-state index in [1.165, 1.54) is 0 Å². The summed E-state index contributed by atoms with van der Waals surface area (Å²) in [6, 6.07) is 5.21. The van der Waals surface area contributed by atoms with Crippen LogP contribution >= 0.6 is 0 Å². The fraction of sp³-hybridized carbons (Fsp3) is 0.533. The lowest BCUT2D eigenvalue weighted by Gasteiger charge is -2.36. The summed E-state index contributed by atoms with van der Waals surface area (Å²) in [5.74, 6) is 0.234. The first kappa shape index (κ1) is 13.7. The fourth-order valence-corrected chi connectivity index (χ4v) is 2.33. The normalized spacial score (nSPS) is 18.9. The van der Waals surface area contributed by atoms with Crippen molar-refractivity contribution < 1.29 is 14.6 Å². The second-order valence-electron chi connectivity index (χ2n) is 6.05. The Morgan fingerprint density at radius 1 is 1.42 bits per heavy atom. The van der Waals surface area contributed by atoms with E-state index in [0.29, 0.717) is 0 Å². The van der Waals surface area contributed by atoms with E-state index in [4.69, 9.17) is 4.74 Å². The van der Waals surface area contributed by atoms with Crippen LogP contribution in [0.2, 0.25) is 0 Å². The van der Waals surface area contributed by atoms with Crippen LogP contribution in [-0.4, -0.2) is 22.8 Å². The molecule has 1 atom stereocenters. The van der Waals surface area contributed by atoms with Crippen LogP contribution in [0.15, 0.2) is 18.2 Å². The molecule has 1 unspecified atom stereocenters. The van der Waals surface area contributed by atoms with Crippen LogP contribution in [0.5, 0.6) is 5.75 Å². The highest BCUT2D eigenvalue weighted by atomic mass is 16.6. The topological polar surface area (TPSA) is 49.8 Å². The predicted octanol–water partition coefficient (Wildman–Crippen LogP) is 3.47. The number of fused-ring (bicyclic) bond motifs is 1. The van der Waals surface area contributed by atoms with Gasteiger partial charge in [0, 0.05) is 6.04 Å². The number of ether oxygens (including phenoxy) is 1. The molecular formula is C15H21NO3. The standard InChI is InChI=1S/C15H21NO3/c1-10-5-6-11-9-12(17)7-8-13(11)16(10)14(18)19-15(2,3)4/h7-10,17H,5-6H2,1-4H3. The van der Waals surface area contributed by atoms with Gasteiger partial charge in [-0.1, -0.05) is 0 Å². The average Bonchev–Trinajstić information content (AvgIpc) is 2.26. The molecule has 2 rings (SSSR count). The fourth-order valence-electron chi connectivity index (χ4n) is 2.33. The van der Waals surface area contributed by atoms with Crippen molar-refractivity contribution in [3.8, 4) is 5.75 Å². The lowest BCUT2D eigenvalue weighted by molar-refractivity contribution is 0.0563. The van der Waals surface area contributed by atoms with E-state index in [1.807, 2.05) is 27.7 Å². The van der Waals surface area contributed by atoms with E-state index < -0.39 is 5.60 Å². The Balaban J connectivity index is 2.33. The largest absolute Gasteiger partial charge is 0.508 e. The number of rotatable bonds is 0. The molecular weight excluding hydrogens is 242 g/mol. The van der Waals surface area contributed by atoms with Crippen LogP contribution in [0.3, 0.4) is 0 Å². The molecule has 1 aromatic rings. The van der Waals surface area contributed by atoms with Crippen molar-refractivity contribution in [2.45, 2.75) is 52.2 Å². The van der Waals surface area contributed by atoms with Crippen molar-refractivity contribution >= 4 is 11.8 Å². The van der Waals surface area contributed by atoms with E-state index in [2.05, 4.69) is 0 Å². The van der Waals surface area contributed by atoms with Gasteiger partial charge in [-0.2, -0.15) is 0 Å². The number of benzene rings is 1. The molecule has 0 spiro atoms. The zero-order valence-electron chi connectivity index (χ0n) is 11.9. The molecule has 0 saturated heterocycles. The summed E-state index contributed by atoms with van der Waals surface area (Å²) in [6.07, 6.45) is 1.41. The van der Waals surface area contributed by atoms with E-state index in [-0.39, 0.29) is 17.9 Å². The number of hydrogen-bond acceptors (Lipinski definition) is 3. The number of nitrogens with zero attached hydrogens (tertiary/aromatic N) is 1. The summed E-state index contributed by atoms with van der Waals surface area (Å²) in [4.78, 5) is 14.0.